The summed E-state index contributed by atoms with van der Waals surface area (Å²) >= 11 is 0. The molecule has 41 heavy (non-hydrogen) atoms. The van der Waals surface area contributed by atoms with Gasteiger partial charge < -0.3 is 4.90 Å². The molecular weight excluding hydrogens is 578 g/mol. The van der Waals surface area contributed by atoms with E-state index in [1.165, 1.54) is 54.6 Å². The Bertz CT molecular complexity index is 1760. The molecule has 1 aliphatic heterocycles. The van der Waals surface area contributed by atoms with Gasteiger partial charge in [-0.25, -0.2) is 32.0 Å². The third-order valence-corrected chi connectivity index (χ3v) is 8.24. The Hall–Kier alpha value is -4.51. The van der Waals surface area contributed by atoms with Crippen molar-refractivity contribution in [2.24, 2.45) is 10.3 Å². The number of anilines is 1. The monoisotopic (exact) mass is 601 g/mol. The van der Waals surface area contributed by atoms with E-state index in [9.17, 15) is 41.3 Å². The number of benzene rings is 3. The average molecular weight is 602 g/mol. The number of carbonyl (C=O) groups excluding carboxylic acids is 3. The largest absolute Gasteiger partial charge is 0.326 e. The Morgan fingerprint density at radius 1 is 0.927 bits per heavy atom. The van der Waals surface area contributed by atoms with Gasteiger partial charge in [-0.1, -0.05) is 18.2 Å². The fourth-order valence-electron chi connectivity index (χ4n) is 4.33. The first-order chi connectivity index (χ1) is 19.2. The molecule has 3 aromatic carbocycles. The number of carbonyl (C=O) groups is 3. The molecule has 3 amide bonds. The molecule has 14 nitrogen and oxygen atoms in total. The lowest BCUT2D eigenvalue weighted by Crippen LogP contribution is -2.46. The van der Waals surface area contributed by atoms with E-state index in [1.54, 1.807) is 0 Å². The minimum Gasteiger partial charge on any atom is -0.326 e. The van der Waals surface area contributed by atoms with Crippen LogP contribution in [0.2, 0.25) is 0 Å². The Balaban J connectivity index is 1.66. The lowest BCUT2D eigenvalue weighted by atomic mass is 10.1. The van der Waals surface area contributed by atoms with E-state index in [0.717, 1.165) is 28.0 Å². The summed E-state index contributed by atoms with van der Waals surface area (Å²) in [5, 5.41) is 21.5. The average Bonchev–Trinajstić information content (AvgIpc) is 3.21. The molecule has 1 fully saturated rings. The predicted molar refractivity (Wildman–Crippen MR) is 144 cm³/mol. The van der Waals surface area contributed by atoms with E-state index in [1.807, 2.05) is 0 Å². The minimum atomic E-state index is -4.02. The summed E-state index contributed by atoms with van der Waals surface area (Å²) in [5.74, 6) is -2.16. The van der Waals surface area contributed by atoms with Crippen molar-refractivity contribution in [3.05, 3.63) is 94.0 Å². The van der Waals surface area contributed by atoms with Crippen molar-refractivity contribution in [2.45, 2.75) is 28.7 Å². The summed E-state index contributed by atoms with van der Waals surface area (Å²) in [6.07, 6.45) is -0.270. The molecule has 1 unspecified atom stereocenters. The molecule has 1 heterocycles. The number of primary sulfonamides is 2. The van der Waals surface area contributed by atoms with Crippen molar-refractivity contribution in [1.82, 2.24) is 4.90 Å². The predicted octanol–water partition coefficient (Wildman–Crippen LogP) is 0.907. The normalized spacial score (nSPS) is 15.7. The highest BCUT2D eigenvalue weighted by Crippen LogP contribution is 2.28. The zero-order valence-electron chi connectivity index (χ0n) is 21.1. The second kappa shape index (κ2) is 11.2. The van der Waals surface area contributed by atoms with Crippen LogP contribution in [0.5, 0.6) is 0 Å². The molecule has 214 valence electrons. The second-order valence-corrected chi connectivity index (χ2v) is 12.2. The highest BCUT2D eigenvalue weighted by molar-refractivity contribution is 7.89. The zero-order valence-corrected chi connectivity index (χ0v) is 22.7. The summed E-state index contributed by atoms with van der Waals surface area (Å²) in [6.45, 7) is -0.113. The number of hydrogen-bond donors (Lipinski definition) is 2. The highest BCUT2D eigenvalue weighted by Gasteiger charge is 2.44. The van der Waals surface area contributed by atoms with Gasteiger partial charge >= 0.3 is 0 Å². The molecular formula is C25H23N5O9S2. The Labute approximate surface area is 234 Å². The van der Waals surface area contributed by atoms with Gasteiger partial charge in [-0.05, 0) is 54.4 Å². The molecule has 1 atom stereocenters. The van der Waals surface area contributed by atoms with Gasteiger partial charge in [-0.2, -0.15) is 0 Å². The molecule has 4 N–H and O–H groups in total. The van der Waals surface area contributed by atoms with E-state index >= 15 is 0 Å². The van der Waals surface area contributed by atoms with Crippen LogP contribution in [0.1, 0.15) is 22.3 Å². The number of nitro groups is 1. The fraction of sp³-hybridized carbons (Fsp3) is 0.160. The molecule has 0 aromatic heterocycles. The highest BCUT2D eigenvalue weighted by atomic mass is 32.2. The van der Waals surface area contributed by atoms with Crippen LogP contribution < -0.4 is 15.2 Å². The smallest absolute Gasteiger partial charge is 0.270 e. The van der Waals surface area contributed by atoms with E-state index < -0.39 is 55.2 Å². The van der Waals surface area contributed by atoms with Crippen molar-refractivity contribution in [1.29, 1.82) is 0 Å². The number of nitrogens with two attached hydrogens (primary N) is 2. The first kappa shape index (κ1) is 29.5. The molecule has 0 saturated carbocycles. The summed E-state index contributed by atoms with van der Waals surface area (Å²) < 4.78 is 46.3. The number of nitrogens with zero attached hydrogens (tertiary/aromatic N) is 3. The molecule has 1 saturated heterocycles. The van der Waals surface area contributed by atoms with Gasteiger partial charge in [0, 0.05) is 24.2 Å². The van der Waals surface area contributed by atoms with Gasteiger partial charge in [-0.3, -0.25) is 24.5 Å². The Morgan fingerprint density at radius 2 is 1.49 bits per heavy atom. The number of imide groups is 1. The van der Waals surface area contributed by atoms with E-state index in [4.69, 9.17) is 10.3 Å². The van der Waals surface area contributed by atoms with Gasteiger partial charge in [0.25, 0.3) is 17.5 Å². The number of non-ortho nitro benzene ring substituents is 1. The van der Waals surface area contributed by atoms with Crippen LogP contribution in [-0.2, 0) is 36.1 Å². The maximum Gasteiger partial charge on any atom is 0.270 e. The van der Waals surface area contributed by atoms with Gasteiger partial charge in [-0.15, -0.1) is 0 Å². The van der Waals surface area contributed by atoms with Crippen molar-refractivity contribution < 1.29 is 36.1 Å². The molecule has 4 rings (SSSR count). The third-order valence-electron chi connectivity index (χ3n) is 6.38. The molecule has 0 radical (unpaired) electrons. The van der Waals surface area contributed by atoms with E-state index in [0.29, 0.717) is 5.56 Å². The van der Waals surface area contributed by atoms with Gasteiger partial charge in [0.1, 0.15) is 6.04 Å². The molecule has 3 aromatic rings. The van der Waals surface area contributed by atoms with Crippen LogP contribution in [-0.4, -0.2) is 57.0 Å². The summed E-state index contributed by atoms with van der Waals surface area (Å²) in [4.78, 5) is 52.3. The van der Waals surface area contributed by atoms with Crippen LogP contribution in [0.4, 0.5) is 11.4 Å². The maximum atomic E-state index is 13.6. The molecule has 1 aliphatic rings. The lowest BCUT2D eigenvalue weighted by Gasteiger charge is -2.28. The topological polar surface area (TPSA) is 221 Å². The maximum absolute atomic E-state index is 13.6. The number of sulfonamides is 2. The van der Waals surface area contributed by atoms with Crippen molar-refractivity contribution >= 4 is 49.1 Å². The van der Waals surface area contributed by atoms with Crippen LogP contribution in [0.3, 0.4) is 0 Å². The number of hydrogen-bond acceptors (Lipinski definition) is 9. The Kier molecular flexibility index (Phi) is 8.03. The number of rotatable bonds is 9. The molecule has 0 spiro atoms. The minimum absolute atomic E-state index is 0.0660. The molecule has 0 bridgehead atoms. The first-order valence-corrected chi connectivity index (χ1v) is 14.9. The van der Waals surface area contributed by atoms with E-state index in [2.05, 4.69) is 0 Å². The number of nitro benzene ring substituents is 1. The van der Waals surface area contributed by atoms with Crippen molar-refractivity contribution in [3.8, 4) is 0 Å². The van der Waals surface area contributed by atoms with E-state index in [-0.39, 0.29) is 39.7 Å². The first-order valence-electron chi connectivity index (χ1n) is 11.8. The molecule has 16 heteroatoms. The number of amides is 3. The van der Waals surface area contributed by atoms with Crippen molar-refractivity contribution in [2.75, 3.05) is 11.4 Å². The van der Waals surface area contributed by atoms with Crippen LogP contribution in [0, 0.1) is 10.1 Å². The SMILES string of the molecule is NS(=O)(=O)c1ccc(CCN(C(=O)c2cccc([N+](=O)[O-])c2)C2CC(=O)N(c3ccc(S(N)(=O)=O)cc3)C2=O)cc1. The second-order valence-electron chi connectivity index (χ2n) is 9.07. The van der Waals surface area contributed by atoms with Crippen LogP contribution >= 0.6 is 0 Å². The third kappa shape index (κ3) is 6.46. The quantitative estimate of drug-likeness (QED) is 0.202. The standard InChI is InChI=1S/C25H23N5O9S2/c26-40(36,37)20-8-4-16(5-9-20)12-13-28(24(32)17-2-1-3-19(14-17)30(34)35)22-15-23(31)29(25(22)33)18-6-10-21(11-7-18)41(27,38)39/h1-11,14,22H,12-13,15H2,(H2,26,36,37)(H2,27,38,39). The van der Waals surface area contributed by atoms with Gasteiger partial charge in [0.2, 0.25) is 26.0 Å². The van der Waals surface area contributed by atoms with Gasteiger partial charge in [0.15, 0.2) is 0 Å². The van der Waals surface area contributed by atoms with Crippen molar-refractivity contribution in [3.63, 3.8) is 0 Å². The fourth-order valence-corrected chi connectivity index (χ4v) is 5.36. The van der Waals surface area contributed by atoms with Gasteiger partial charge in [0.05, 0.1) is 26.8 Å². The van der Waals surface area contributed by atoms with Crippen LogP contribution in [0.25, 0.3) is 0 Å². The molecule has 0 aliphatic carbocycles. The van der Waals surface area contributed by atoms with Crippen LogP contribution in [0.15, 0.2) is 82.6 Å². The Morgan fingerprint density at radius 3 is 2.02 bits per heavy atom. The summed E-state index contributed by atoms with van der Waals surface area (Å²) in [5.41, 5.74) is 0.220. The lowest BCUT2D eigenvalue weighted by molar-refractivity contribution is -0.384. The summed E-state index contributed by atoms with van der Waals surface area (Å²) in [7, 11) is -7.95. The summed E-state index contributed by atoms with van der Waals surface area (Å²) in [6, 6.07) is 13.9. The zero-order chi connectivity index (χ0) is 30.1.